The van der Waals surface area contributed by atoms with Gasteiger partial charge >= 0.3 is 0 Å². The number of hydrogen-bond donors (Lipinski definition) is 0. The van der Waals surface area contributed by atoms with Gasteiger partial charge in [-0.25, -0.2) is 9.97 Å². The summed E-state index contributed by atoms with van der Waals surface area (Å²) in [6, 6.07) is 5.68. The summed E-state index contributed by atoms with van der Waals surface area (Å²) in [4.78, 5) is 20.6. The van der Waals surface area contributed by atoms with E-state index in [9.17, 15) is 4.79 Å². The first-order chi connectivity index (χ1) is 7.36. The van der Waals surface area contributed by atoms with Crippen molar-refractivity contribution < 1.29 is 4.79 Å². The Morgan fingerprint density at radius 1 is 1.40 bits per heavy atom. The molecule has 0 atom stereocenters. The predicted molar refractivity (Wildman–Crippen MR) is 59.0 cm³/mol. The fraction of sp³-hybridized carbons (Fsp3) is 0.182. The predicted octanol–water partition coefficient (Wildman–Crippen LogP) is 2.35. The van der Waals surface area contributed by atoms with E-state index in [-0.39, 0.29) is 5.78 Å². The third-order valence-electron chi connectivity index (χ3n) is 2.05. The number of hydrogen-bond acceptors (Lipinski definition) is 4. The van der Waals surface area contributed by atoms with E-state index < -0.39 is 0 Å². The van der Waals surface area contributed by atoms with Crippen molar-refractivity contribution in [3.05, 3.63) is 46.7 Å². The summed E-state index contributed by atoms with van der Waals surface area (Å²) in [7, 11) is 0. The second-order valence-corrected chi connectivity index (χ2v) is 4.13. The molecule has 2 aromatic heterocycles. The topological polar surface area (TPSA) is 42.9 Å². The van der Waals surface area contributed by atoms with Gasteiger partial charge in [0.25, 0.3) is 0 Å². The van der Waals surface area contributed by atoms with Gasteiger partial charge in [-0.3, -0.25) is 4.79 Å². The molecule has 0 unspecified atom stereocenters. The maximum atomic E-state index is 11.7. The van der Waals surface area contributed by atoms with Gasteiger partial charge < -0.3 is 0 Å². The molecule has 2 rings (SSSR count). The van der Waals surface area contributed by atoms with E-state index in [0.717, 1.165) is 6.42 Å². The zero-order valence-electron chi connectivity index (χ0n) is 8.09. The smallest absolute Gasteiger partial charge is 0.181 e. The number of carbonyl (C=O) groups is 1. The zero-order chi connectivity index (χ0) is 10.5. The largest absolute Gasteiger partial charge is 0.292 e. The summed E-state index contributed by atoms with van der Waals surface area (Å²) in [5.41, 5.74) is 0.501. The first-order valence-corrected chi connectivity index (χ1v) is 5.56. The van der Waals surface area contributed by atoms with Gasteiger partial charge in [0.2, 0.25) is 0 Å². The van der Waals surface area contributed by atoms with Crippen molar-refractivity contribution in [2.45, 2.75) is 12.8 Å². The van der Waals surface area contributed by atoms with Crippen LogP contribution < -0.4 is 0 Å². The summed E-state index contributed by atoms with van der Waals surface area (Å²) < 4.78 is 0. The van der Waals surface area contributed by atoms with Crippen LogP contribution in [0.25, 0.3) is 0 Å². The van der Waals surface area contributed by atoms with Gasteiger partial charge in [-0.1, -0.05) is 6.07 Å². The molecule has 3 nitrogen and oxygen atoms in total. The Kier molecular flexibility index (Phi) is 3.19. The summed E-state index contributed by atoms with van der Waals surface area (Å²) in [6.07, 6.45) is 4.29. The first-order valence-electron chi connectivity index (χ1n) is 4.68. The van der Waals surface area contributed by atoms with Crippen molar-refractivity contribution in [1.82, 2.24) is 9.97 Å². The molecule has 2 aromatic rings. The number of aryl methyl sites for hydroxylation is 1. The molecular formula is C11H10N2OS. The van der Waals surface area contributed by atoms with Crippen molar-refractivity contribution in [3.8, 4) is 0 Å². The highest BCUT2D eigenvalue weighted by atomic mass is 32.1. The average Bonchev–Trinajstić information content (AvgIpc) is 2.80. The molecule has 0 saturated heterocycles. The summed E-state index contributed by atoms with van der Waals surface area (Å²) in [5, 5.41) is 2.02. The Morgan fingerprint density at radius 2 is 2.33 bits per heavy atom. The number of rotatable bonds is 4. The van der Waals surface area contributed by atoms with Crippen LogP contribution in [0.2, 0.25) is 0 Å². The normalized spacial score (nSPS) is 10.1. The van der Waals surface area contributed by atoms with E-state index in [1.807, 2.05) is 17.5 Å². The molecule has 0 aliphatic carbocycles. The average molecular weight is 218 g/mol. The lowest BCUT2D eigenvalue weighted by Gasteiger charge is -1.97. The van der Waals surface area contributed by atoms with Crippen molar-refractivity contribution in [2.75, 3.05) is 0 Å². The van der Waals surface area contributed by atoms with Crippen molar-refractivity contribution >= 4 is 17.1 Å². The molecule has 0 radical (unpaired) electrons. The Bertz CT molecular complexity index is 425. The molecule has 0 amide bonds. The lowest BCUT2D eigenvalue weighted by molar-refractivity contribution is 0.0978. The zero-order valence-corrected chi connectivity index (χ0v) is 8.91. The van der Waals surface area contributed by atoms with Crippen molar-refractivity contribution in [2.24, 2.45) is 0 Å². The molecule has 0 saturated carbocycles. The fourth-order valence-corrected chi connectivity index (χ4v) is 1.98. The molecule has 15 heavy (non-hydrogen) atoms. The molecule has 0 fully saturated rings. The van der Waals surface area contributed by atoms with Crippen LogP contribution in [-0.2, 0) is 6.42 Å². The molecule has 0 aliphatic rings. The van der Waals surface area contributed by atoms with Crippen molar-refractivity contribution in [1.29, 1.82) is 0 Å². The van der Waals surface area contributed by atoms with Gasteiger partial charge in [0.15, 0.2) is 5.78 Å². The second-order valence-electron chi connectivity index (χ2n) is 3.10. The van der Waals surface area contributed by atoms with Gasteiger partial charge in [0.05, 0.1) is 0 Å². The Hall–Kier alpha value is -1.55. The highest BCUT2D eigenvalue weighted by Gasteiger charge is 2.06. The Labute approximate surface area is 91.8 Å². The summed E-state index contributed by atoms with van der Waals surface area (Å²) in [5.74, 6) is 0.0748. The minimum atomic E-state index is 0.0748. The van der Waals surface area contributed by atoms with Crippen LogP contribution >= 0.6 is 11.3 Å². The summed E-state index contributed by atoms with van der Waals surface area (Å²) >= 11 is 1.68. The number of Topliss-reactive ketones (excluding diaryl/α,β-unsaturated/α-hetero) is 1. The van der Waals surface area contributed by atoms with Gasteiger partial charge in [-0.2, -0.15) is 0 Å². The van der Waals surface area contributed by atoms with Crippen LogP contribution in [0.1, 0.15) is 21.8 Å². The van der Waals surface area contributed by atoms with Gasteiger partial charge in [0, 0.05) is 17.5 Å². The molecule has 0 aliphatic heterocycles. The van der Waals surface area contributed by atoms with E-state index >= 15 is 0 Å². The van der Waals surface area contributed by atoms with Crippen molar-refractivity contribution in [3.63, 3.8) is 0 Å². The molecule has 0 N–H and O–H groups in total. The highest BCUT2D eigenvalue weighted by Crippen LogP contribution is 2.12. The van der Waals surface area contributed by atoms with Crippen LogP contribution in [0, 0.1) is 0 Å². The second kappa shape index (κ2) is 4.79. The van der Waals surface area contributed by atoms with Crippen LogP contribution in [0.4, 0.5) is 0 Å². The number of thiophene rings is 1. The third-order valence-corrected chi connectivity index (χ3v) is 2.98. The van der Waals surface area contributed by atoms with Gasteiger partial charge in [-0.05, 0) is 23.9 Å². The minimum absolute atomic E-state index is 0.0748. The summed E-state index contributed by atoms with van der Waals surface area (Å²) in [6.45, 7) is 0. The van der Waals surface area contributed by atoms with Crippen LogP contribution in [-0.4, -0.2) is 15.8 Å². The Morgan fingerprint density at radius 3 is 3.00 bits per heavy atom. The van der Waals surface area contributed by atoms with Gasteiger partial charge in [-0.15, -0.1) is 11.3 Å². The van der Waals surface area contributed by atoms with E-state index in [4.69, 9.17) is 0 Å². The molecule has 4 heteroatoms. The first kappa shape index (κ1) is 9.98. The number of aromatic nitrogens is 2. The number of carbonyl (C=O) groups excluding carboxylic acids is 1. The Balaban J connectivity index is 1.94. The number of ketones is 1. The quantitative estimate of drug-likeness (QED) is 0.740. The number of nitrogens with zero attached hydrogens (tertiary/aromatic N) is 2. The molecule has 0 bridgehead atoms. The molecule has 76 valence electrons. The highest BCUT2D eigenvalue weighted by molar-refractivity contribution is 7.09. The van der Waals surface area contributed by atoms with E-state index in [0.29, 0.717) is 12.1 Å². The third kappa shape index (κ3) is 2.70. The van der Waals surface area contributed by atoms with Crippen LogP contribution in [0.3, 0.4) is 0 Å². The van der Waals surface area contributed by atoms with E-state index in [1.165, 1.54) is 11.2 Å². The van der Waals surface area contributed by atoms with Crippen LogP contribution in [0.15, 0.2) is 36.1 Å². The van der Waals surface area contributed by atoms with E-state index in [1.54, 1.807) is 23.6 Å². The standard InChI is InChI=1S/C11H10N2OS/c14-11(10-5-6-12-8-13-10)4-3-9-2-1-7-15-9/h1-2,5-8H,3-4H2. The minimum Gasteiger partial charge on any atom is -0.292 e. The lowest BCUT2D eigenvalue weighted by atomic mass is 10.1. The molecule has 2 heterocycles. The molecular weight excluding hydrogens is 208 g/mol. The van der Waals surface area contributed by atoms with Crippen LogP contribution in [0.5, 0.6) is 0 Å². The maximum absolute atomic E-state index is 11.7. The van der Waals surface area contributed by atoms with E-state index in [2.05, 4.69) is 9.97 Å². The van der Waals surface area contributed by atoms with Gasteiger partial charge in [0.1, 0.15) is 12.0 Å². The molecule has 0 aromatic carbocycles. The maximum Gasteiger partial charge on any atom is 0.181 e. The molecule has 0 spiro atoms. The fourth-order valence-electron chi connectivity index (χ4n) is 1.28. The lowest BCUT2D eigenvalue weighted by Crippen LogP contribution is -2.03. The SMILES string of the molecule is O=C(CCc1cccs1)c1ccncn1. The monoisotopic (exact) mass is 218 g/mol.